The lowest BCUT2D eigenvalue weighted by Gasteiger charge is -2.32. The van der Waals surface area contributed by atoms with Crippen molar-refractivity contribution in [2.45, 2.75) is 23.9 Å². The Morgan fingerprint density at radius 3 is 2.14 bits per heavy atom. The third-order valence-corrected chi connectivity index (χ3v) is 7.60. The van der Waals surface area contributed by atoms with Gasteiger partial charge in [0.1, 0.15) is 11.4 Å². The molecule has 0 aliphatic carbocycles. The maximum atomic E-state index is 13.2. The van der Waals surface area contributed by atoms with Crippen molar-refractivity contribution in [3.63, 3.8) is 0 Å². The topological polar surface area (TPSA) is 75.2 Å². The number of carbonyl (C=O) groups is 2. The molecule has 182 valence electrons. The quantitative estimate of drug-likeness (QED) is 0.292. The molecule has 1 saturated heterocycles. The summed E-state index contributed by atoms with van der Waals surface area (Å²) in [5, 5.41) is 5.04. The molecule has 1 N–H and O–H groups in total. The molecule has 7 heteroatoms. The van der Waals surface area contributed by atoms with Crippen molar-refractivity contribution in [2.24, 2.45) is 5.92 Å². The largest absolute Gasteiger partial charge is 0.345 e. The summed E-state index contributed by atoms with van der Waals surface area (Å²) in [5.74, 6) is 0.333. The Morgan fingerprint density at radius 1 is 0.861 bits per heavy atom. The summed E-state index contributed by atoms with van der Waals surface area (Å²) in [7, 11) is 0. The molecule has 0 atom stereocenters. The minimum Gasteiger partial charge on any atom is -0.345 e. The molecular formula is C29H28N4O2S. The number of nitrogens with one attached hydrogen (secondary N) is 1. The van der Waals surface area contributed by atoms with E-state index in [-0.39, 0.29) is 23.8 Å². The number of hydrogen-bond donors (Lipinski definition) is 1. The van der Waals surface area contributed by atoms with E-state index in [9.17, 15) is 9.59 Å². The number of carbonyl (C=O) groups excluding carboxylic acids is 2. The van der Waals surface area contributed by atoms with Crippen LogP contribution in [0.5, 0.6) is 0 Å². The number of para-hydroxylation sites is 1. The molecule has 6 nitrogen and oxygen atoms in total. The Labute approximate surface area is 215 Å². The van der Waals surface area contributed by atoms with Gasteiger partial charge in [-0.25, -0.2) is 9.97 Å². The average molecular weight is 497 g/mol. The van der Waals surface area contributed by atoms with Crippen molar-refractivity contribution in [1.29, 1.82) is 0 Å². The first-order valence-electron chi connectivity index (χ1n) is 12.2. The predicted molar refractivity (Wildman–Crippen MR) is 142 cm³/mol. The highest BCUT2D eigenvalue weighted by atomic mass is 32.2. The summed E-state index contributed by atoms with van der Waals surface area (Å²) in [6, 6.07) is 27.7. The highest BCUT2D eigenvalue weighted by molar-refractivity contribution is 8.00. The number of benzene rings is 3. The minimum absolute atomic E-state index is 0.0432. The number of aromatic nitrogens is 2. The first-order chi connectivity index (χ1) is 17.7. The number of hydrogen-bond acceptors (Lipinski definition) is 5. The fourth-order valence-corrected chi connectivity index (χ4v) is 5.51. The van der Waals surface area contributed by atoms with E-state index in [0.29, 0.717) is 31.7 Å². The Morgan fingerprint density at radius 2 is 1.47 bits per heavy atom. The predicted octanol–water partition coefficient (Wildman–Crippen LogP) is 4.87. The fourth-order valence-electron chi connectivity index (χ4n) is 4.62. The van der Waals surface area contributed by atoms with Crippen LogP contribution in [0.4, 0.5) is 0 Å². The van der Waals surface area contributed by atoms with Crippen LogP contribution in [-0.4, -0.2) is 45.5 Å². The van der Waals surface area contributed by atoms with Crippen molar-refractivity contribution in [2.75, 3.05) is 18.8 Å². The molecule has 1 aromatic heterocycles. The number of nitrogens with zero attached hydrogens (tertiary/aromatic N) is 3. The molecule has 0 bridgehead atoms. The van der Waals surface area contributed by atoms with Gasteiger partial charge in [-0.2, -0.15) is 0 Å². The fraction of sp³-hybridized carbons (Fsp3) is 0.241. The third-order valence-electron chi connectivity index (χ3n) is 6.61. The van der Waals surface area contributed by atoms with E-state index in [2.05, 4.69) is 15.3 Å². The average Bonchev–Trinajstić information content (AvgIpc) is 2.95. The minimum atomic E-state index is -0.196. The molecule has 0 radical (unpaired) electrons. The van der Waals surface area contributed by atoms with Crippen LogP contribution in [0.2, 0.25) is 0 Å². The number of likely N-dealkylation sites (tertiary alicyclic amines) is 1. The van der Waals surface area contributed by atoms with E-state index in [0.717, 1.165) is 27.1 Å². The van der Waals surface area contributed by atoms with Gasteiger partial charge < -0.3 is 10.2 Å². The van der Waals surface area contributed by atoms with Gasteiger partial charge in [0.15, 0.2) is 0 Å². The summed E-state index contributed by atoms with van der Waals surface area (Å²) in [6.45, 7) is 1.17. The molecule has 3 aromatic carbocycles. The van der Waals surface area contributed by atoms with Gasteiger partial charge in [-0.05, 0) is 30.0 Å². The van der Waals surface area contributed by atoms with E-state index in [4.69, 9.17) is 0 Å². The zero-order valence-electron chi connectivity index (χ0n) is 19.9. The van der Waals surface area contributed by atoms with Crippen LogP contribution in [0, 0.1) is 5.92 Å². The summed E-state index contributed by atoms with van der Waals surface area (Å²) < 4.78 is 0. The molecule has 2 amide bonds. The van der Waals surface area contributed by atoms with Gasteiger partial charge in [-0.15, -0.1) is 0 Å². The van der Waals surface area contributed by atoms with Crippen molar-refractivity contribution >= 4 is 34.5 Å². The van der Waals surface area contributed by atoms with Gasteiger partial charge in [0.25, 0.3) is 0 Å². The molecule has 36 heavy (non-hydrogen) atoms. The third kappa shape index (κ3) is 5.57. The molecule has 2 heterocycles. The molecule has 5 rings (SSSR count). The molecule has 0 unspecified atom stereocenters. The molecule has 4 aromatic rings. The van der Waals surface area contributed by atoms with Crippen molar-refractivity contribution in [3.8, 4) is 0 Å². The molecular weight excluding hydrogens is 468 g/mol. The number of rotatable bonds is 7. The van der Waals surface area contributed by atoms with Crippen LogP contribution in [0.15, 0.2) is 96.3 Å². The first-order valence-corrected chi connectivity index (χ1v) is 13.2. The Balaban J connectivity index is 1.17. The van der Waals surface area contributed by atoms with Gasteiger partial charge in [-0.1, -0.05) is 90.6 Å². The summed E-state index contributed by atoms with van der Waals surface area (Å²) in [5.41, 5.74) is 2.98. The van der Waals surface area contributed by atoms with Gasteiger partial charge in [0.05, 0.1) is 17.3 Å². The van der Waals surface area contributed by atoms with E-state index < -0.39 is 0 Å². The van der Waals surface area contributed by atoms with Crippen molar-refractivity contribution < 1.29 is 9.59 Å². The van der Waals surface area contributed by atoms with E-state index >= 15 is 0 Å². The van der Waals surface area contributed by atoms with Gasteiger partial charge in [-0.3, -0.25) is 9.59 Å². The maximum Gasteiger partial charge on any atom is 0.232 e. The van der Waals surface area contributed by atoms with E-state index in [1.165, 1.54) is 18.1 Å². The Hall–Kier alpha value is -3.71. The lowest BCUT2D eigenvalue weighted by molar-refractivity contribution is -0.133. The zero-order chi connectivity index (χ0) is 24.7. The van der Waals surface area contributed by atoms with Crippen LogP contribution >= 0.6 is 11.8 Å². The maximum absolute atomic E-state index is 13.2. The molecule has 1 aliphatic rings. The Bertz CT molecular complexity index is 1280. The van der Waals surface area contributed by atoms with E-state index in [1.807, 2.05) is 89.8 Å². The molecule has 1 fully saturated rings. The lowest BCUT2D eigenvalue weighted by Crippen LogP contribution is -2.44. The number of thioether (sulfide) groups is 1. The van der Waals surface area contributed by atoms with Gasteiger partial charge >= 0.3 is 0 Å². The lowest BCUT2D eigenvalue weighted by atomic mass is 9.93. The highest BCUT2D eigenvalue weighted by Crippen LogP contribution is 2.27. The highest BCUT2D eigenvalue weighted by Gasteiger charge is 2.29. The smallest absolute Gasteiger partial charge is 0.232 e. The van der Waals surface area contributed by atoms with Crippen LogP contribution in [-0.2, 0) is 9.59 Å². The normalized spacial score (nSPS) is 14.2. The SMILES string of the molecule is O=C(NC(c1ccccc1)c1ccccc1)C1CCN(C(=O)CSc2ncnc3ccccc23)CC1. The van der Waals surface area contributed by atoms with Crippen molar-refractivity contribution in [3.05, 3.63) is 102 Å². The molecule has 0 saturated carbocycles. The van der Waals surface area contributed by atoms with Crippen LogP contribution in [0.25, 0.3) is 10.9 Å². The summed E-state index contributed by atoms with van der Waals surface area (Å²) in [4.78, 5) is 36.6. The standard InChI is InChI=1S/C29H28N4O2S/c34-26(19-36-29-24-13-7-8-14-25(24)30-20-31-29)33-17-15-23(16-18-33)28(35)32-27(21-9-3-1-4-10-21)22-11-5-2-6-12-22/h1-14,20,23,27H,15-19H2,(H,32,35). The monoisotopic (exact) mass is 496 g/mol. The van der Waals surface area contributed by atoms with Crippen molar-refractivity contribution in [1.82, 2.24) is 20.2 Å². The molecule has 0 spiro atoms. The van der Waals surface area contributed by atoms with Crippen LogP contribution in [0.1, 0.15) is 30.0 Å². The zero-order valence-corrected chi connectivity index (χ0v) is 20.7. The second kappa shape index (κ2) is 11.4. The summed E-state index contributed by atoms with van der Waals surface area (Å²) >= 11 is 1.44. The van der Waals surface area contributed by atoms with Gasteiger partial charge in [0.2, 0.25) is 11.8 Å². The number of fused-ring (bicyclic) bond motifs is 1. The van der Waals surface area contributed by atoms with E-state index in [1.54, 1.807) is 0 Å². The first kappa shape index (κ1) is 24.0. The molecule has 1 aliphatic heterocycles. The number of amides is 2. The summed E-state index contributed by atoms with van der Waals surface area (Å²) in [6.07, 6.45) is 2.86. The second-order valence-electron chi connectivity index (χ2n) is 8.90. The van der Waals surface area contributed by atoms with Crippen LogP contribution in [0.3, 0.4) is 0 Å². The van der Waals surface area contributed by atoms with Gasteiger partial charge in [0, 0.05) is 24.4 Å². The second-order valence-corrected chi connectivity index (χ2v) is 9.87. The Kier molecular flexibility index (Phi) is 7.57. The number of piperidine rings is 1. The van der Waals surface area contributed by atoms with Crippen LogP contribution < -0.4 is 5.32 Å².